The number of halogens is 2. The molecule has 6 nitrogen and oxygen atoms in total. The van der Waals surface area contributed by atoms with Gasteiger partial charge in [-0.15, -0.1) is 0 Å². The third-order valence-corrected chi connectivity index (χ3v) is 5.97. The minimum absolute atomic E-state index is 0.0758. The molecule has 0 aliphatic rings. The lowest BCUT2D eigenvalue weighted by Crippen LogP contribution is -2.29. The number of carbonyl (C=O) groups is 1. The van der Waals surface area contributed by atoms with Crippen molar-refractivity contribution in [3.05, 3.63) is 68.7 Å². The van der Waals surface area contributed by atoms with Gasteiger partial charge in [0.1, 0.15) is 5.82 Å². The molecular formula is C21H21BrFN3O3S. The zero-order valence-corrected chi connectivity index (χ0v) is 19.0. The van der Waals surface area contributed by atoms with Crippen LogP contribution in [0.1, 0.15) is 5.56 Å². The van der Waals surface area contributed by atoms with Crippen molar-refractivity contribution in [2.24, 2.45) is 0 Å². The lowest BCUT2D eigenvalue weighted by Gasteiger charge is -2.18. The molecule has 3 aromatic rings. The van der Waals surface area contributed by atoms with Crippen molar-refractivity contribution in [1.29, 1.82) is 0 Å². The van der Waals surface area contributed by atoms with E-state index >= 15 is 0 Å². The highest BCUT2D eigenvalue weighted by Crippen LogP contribution is 2.21. The molecule has 0 aliphatic carbocycles. The number of aromatic nitrogens is 2. The number of benzene rings is 2. The molecule has 0 atom stereocenters. The Morgan fingerprint density at radius 3 is 2.80 bits per heavy atom. The molecule has 30 heavy (non-hydrogen) atoms. The fourth-order valence-electron chi connectivity index (χ4n) is 2.87. The monoisotopic (exact) mass is 493 g/mol. The van der Waals surface area contributed by atoms with E-state index in [9.17, 15) is 14.0 Å². The van der Waals surface area contributed by atoms with Gasteiger partial charge < -0.3 is 9.64 Å². The number of amides is 1. The zero-order valence-electron chi connectivity index (χ0n) is 16.6. The van der Waals surface area contributed by atoms with Crippen molar-refractivity contribution >= 4 is 44.5 Å². The van der Waals surface area contributed by atoms with Gasteiger partial charge in [0.25, 0.3) is 5.56 Å². The van der Waals surface area contributed by atoms with E-state index in [1.165, 1.54) is 27.3 Å². The minimum Gasteiger partial charge on any atom is -0.383 e. The van der Waals surface area contributed by atoms with Crippen LogP contribution in [0, 0.1) is 5.82 Å². The number of nitrogens with zero attached hydrogens (tertiary/aromatic N) is 3. The summed E-state index contributed by atoms with van der Waals surface area (Å²) in [5.74, 6) is -0.459. The maximum Gasteiger partial charge on any atom is 0.262 e. The molecule has 3 rings (SSSR count). The van der Waals surface area contributed by atoms with Crippen LogP contribution < -0.4 is 5.56 Å². The summed E-state index contributed by atoms with van der Waals surface area (Å²) in [4.78, 5) is 31.6. The molecule has 158 valence electrons. The predicted molar refractivity (Wildman–Crippen MR) is 119 cm³/mol. The first-order valence-corrected chi connectivity index (χ1v) is 11.0. The van der Waals surface area contributed by atoms with Gasteiger partial charge in [0.2, 0.25) is 5.91 Å². The van der Waals surface area contributed by atoms with E-state index in [1.807, 2.05) is 6.07 Å². The van der Waals surface area contributed by atoms with Crippen LogP contribution in [0.25, 0.3) is 10.9 Å². The number of methoxy groups -OCH3 is 1. The maximum absolute atomic E-state index is 13.9. The lowest BCUT2D eigenvalue weighted by molar-refractivity contribution is -0.127. The lowest BCUT2D eigenvalue weighted by atomic mass is 10.2. The smallest absolute Gasteiger partial charge is 0.262 e. The number of hydrogen-bond donors (Lipinski definition) is 0. The van der Waals surface area contributed by atoms with Gasteiger partial charge in [-0.05, 0) is 24.3 Å². The summed E-state index contributed by atoms with van der Waals surface area (Å²) >= 11 is 4.56. The Bertz CT molecular complexity index is 1120. The second kappa shape index (κ2) is 10.2. The van der Waals surface area contributed by atoms with Gasteiger partial charge in [0.15, 0.2) is 5.16 Å². The van der Waals surface area contributed by atoms with E-state index in [0.29, 0.717) is 34.8 Å². The number of thioether (sulfide) groups is 1. The second-order valence-electron chi connectivity index (χ2n) is 6.64. The van der Waals surface area contributed by atoms with Gasteiger partial charge in [-0.25, -0.2) is 9.37 Å². The molecule has 0 unspecified atom stereocenters. The summed E-state index contributed by atoms with van der Waals surface area (Å²) in [6.07, 6.45) is 0. The summed E-state index contributed by atoms with van der Waals surface area (Å²) in [6, 6.07) is 11.7. The van der Waals surface area contributed by atoms with E-state index in [0.717, 1.165) is 4.47 Å². The van der Waals surface area contributed by atoms with Crippen molar-refractivity contribution in [1.82, 2.24) is 14.5 Å². The SMILES string of the molecule is COCCn1c(SCC(=O)N(C)Cc2ccccc2F)nc2ccc(Br)cc2c1=O. The molecule has 0 saturated heterocycles. The standard InChI is InChI=1S/C21H21BrFN3O3S/c1-25(12-14-5-3-4-6-17(14)23)19(27)13-30-21-24-18-8-7-15(22)11-16(18)20(28)26(21)9-10-29-2/h3-8,11H,9-10,12-13H2,1-2H3. The minimum atomic E-state index is -0.347. The molecule has 0 radical (unpaired) electrons. The van der Waals surface area contributed by atoms with Crippen molar-refractivity contribution in [2.75, 3.05) is 26.5 Å². The molecule has 1 aromatic heterocycles. The Morgan fingerprint density at radius 2 is 2.07 bits per heavy atom. The molecule has 0 N–H and O–H groups in total. The fraction of sp³-hybridized carbons (Fsp3) is 0.286. The predicted octanol–water partition coefficient (Wildman–Crippen LogP) is 3.70. The van der Waals surface area contributed by atoms with Gasteiger partial charge in [-0.1, -0.05) is 45.9 Å². The van der Waals surface area contributed by atoms with Crippen LogP contribution in [0.4, 0.5) is 4.39 Å². The third kappa shape index (κ3) is 5.27. The molecule has 1 heterocycles. The molecule has 2 aromatic carbocycles. The van der Waals surface area contributed by atoms with Gasteiger partial charge in [-0.3, -0.25) is 14.2 Å². The van der Waals surface area contributed by atoms with Crippen LogP contribution in [0.2, 0.25) is 0 Å². The zero-order chi connectivity index (χ0) is 21.7. The van der Waals surface area contributed by atoms with Crippen molar-refractivity contribution in [3.63, 3.8) is 0 Å². The van der Waals surface area contributed by atoms with Gasteiger partial charge in [0.05, 0.1) is 29.8 Å². The average molecular weight is 494 g/mol. The first kappa shape index (κ1) is 22.5. The summed E-state index contributed by atoms with van der Waals surface area (Å²) in [5.41, 5.74) is 0.823. The van der Waals surface area contributed by atoms with Crippen molar-refractivity contribution in [3.8, 4) is 0 Å². The quantitative estimate of drug-likeness (QED) is 0.353. The summed E-state index contributed by atoms with van der Waals surface area (Å²) in [6.45, 7) is 0.837. The summed E-state index contributed by atoms with van der Waals surface area (Å²) in [7, 11) is 3.18. The Kier molecular flexibility index (Phi) is 7.63. The normalized spacial score (nSPS) is 11.1. The van der Waals surface area contributed by atoms with Crippen LogP contribution in [0.15, 0.2) is 56.9 Å². The Morgan fingerprint density at radius 1 is 1.30 bits per heavy atom. The van der Waals surface area contributed by atoms with Crippen LogP contribution >= 0.6 is 27.7 Å². The highest BCUT2D eigenvalue weighted by molar-refractivity contribution is 9.10. The van der Waals surface area contributed by atoms with Gasteiger partial charge in [0, 0.05) is 30.7 Å². The highest BCUT2D eigenvalue weighted by Gasteiger charge is 2.16. The molecular weight excluding hydrogens is 473 g/mol. The third-order valence-electron chi connectivity index (χ3n) is 4.52. The number of fused-ring (bicyclic) bond motifs is 1. The largest absolute Gasteiger partial charge is 0.383 e. The van der Waals surface area contributed by atoms with Crippen LogP contribution in [0.5, 0.6) is 0 Å². The first-order chi connectivity index (χ1) is 14.4. The first-order valence-electron chi connectivity index (χ1n) is 9.20. The molecule has 0 fully saturated rings. The van der Waals surface area contributed by atoms with Gasteiger partial charge >= 0.3 is 0 Å². The number of hydrogen-bond acceptors (Lipinski definition) is 5. The van der Waals surface area contributed by atoms with Crippen LogP contribution in [0.3, 0.4) is 0 Å². The Hall–Kier alpha value is -2.23. The van der Waals surface area contributed by atoms with E-state index < -0.39 is 0 Å². The van der Waals surface area contributed by atoms with E-state index in [2.05, 4.69) is 20.9 Å². The molecule has 0 bridgehead atoms. The van der Waals surface area contributed by atoms with Crippen LogP contribution in [-0.4, -0.2) is 46.9 Å². The average Bonchev–Trinajstić information content (AvgIpc) is 2.73. The Balaban J connectivity index is 1.80. The second-order valence-corrected chi connectivity index (χ2v) is 8.49. The molecule has 1 amide bonds. The number of carbonyl (C=O) groups excluding carboxylic acids is 1. The van der Waals surface area contributed by atoms with Crippen molar-refractivity contribution < 1.29 is 13.9 Å². The van der Waals surface area contributed by atoms with E-state index in [-0.39, 0.29) is 29.6 Å². The maximum atomic E-state index is 13.9. The summed E-state index contributed by atoms with van der Waals surface area (Å²) < 4.78 is 21.3. The Labute approximate surface area is 186 Å². The molecule has 9 heteroatoms. The van der Waals surface area contributed by atoms with E-state index in [4.69, 9.17) is 4.74 Å². The molecule has 0 saturated carbocycles. The van der Waals surface area contributed by atoms with Crippen LogP contribution in [-0.2, 0) is 22.6 Å². The number of rotatable bonds is 8. The fourth-order valence-corrected chi connectivity index (χ4v) is 4.20. The highest BCUT2D eigenvalue weighted by atomic mass is 79.9. The van der Waals surface area contributed by atoms with Gasteiger partial charge in [-0.2, -0.15) is 0 Å². The molecule has 0 aliphatic heterocycles. The number of ether oxygens (including phenoxy) is 1. The topological polar surface area (TPSA) is 64.4 Å². The van der Waals surface area contributed by atoms with E-state index in [1.54, 1.807) is 44.5 Å². The van der Waals surface area contributed by atoms with Crippen molar-refractivity contribution in [2.45, 2.75) is 18.2 Å². The molecule has 0 spiro atoms. The summed E-state index contributed by atoms with van der Waals surface area (Å²) in [5, 5.41) is 0.937.